The molecule has 0 bridgehead atoms. The second-order valence-electron chi connectivity index (χ2n) is 7.16. The van der Waals surface area contributed by atoms with Gasteiger partial charge < -0.3 is 15.0 Å². The molecule has 0 aliphatic carbocycles. The lowest BCUT2D eigenvalue weighted by Gasteiger charge is -2.36. The summed E-state index contributed by atoms with van der Waals surface area (Å²) >= 11 is 1.64. The number of morpholine rings is 1. The second kappa shape index (κ2) is 9.90. The number of guanidine groups is 1. The molecule has 0 radical (unpaired) electrons. The summed E-state index contributed by atoms with van der Waals surface area (Å²) in [7, 11) is 0. The zero-order valence-corrected chi connectivity index (χ0v) is 20.2. The first kappa shape index (κ1) is 22.0. The van der Waals surface area contributed by atoms with Gasteiger partial charge in [0, 0.05) is 30.9 Å². The number of hydrogen-bond acceptors (Lipinski definition) is 4. The van der Waals surface area contributed by atoms with Crippen LogP contribution in [0.2, 0.25) is 0 Å². The maximum atomic E-state index is 6.10. The molecule has 6 nitrogen and oxygen atoms in total. The Bertz CT molecular complexity index is 954. The summed E-state index contributed by atoms with van der Waals surface area (Å²) in [6, 6.07) is 6.58. The highest BCUT2D eigenvalue weighted by atomic mass is 127. The van der Waals surface area contributed by atoms with Crippen LogP contribution in [0.3, 0.4) is 0 Å². The molecular formula is C21H28IN5OS. The van der Waals surface area contributed by atoms with E-state index in [2.05, 4.69) is 60.4 Å². The fourth-order valence-corrected chi connectivity index (χ4v) is 4.37. The lowest BCUT2D eigenvalue weighted by molar-refractivity contribution is -0.00834. The predicted molar refractivity (Wildman–Crippen MR) is 129 cm³/mol. The highest BCUT2D eigenvalue weighted by Crippen LogP contribution is 2.26. The largest absolute Gasteiger partial charge is 0.370 e. The molecule has 1 aromatic carbocycles. The molecular weight excluding hydrogens is 497 g/mol. The van der Waals surface area contributed by atoms with Crippen LogP contribution in [0.15, 0.2) is 41.0 Å². The Morgan fingerprint density at radius 1 is 1.38 bits per heavy atom. The average Bonchev–Trinajstić information content (AvgIpc) is 3.27. The Morgan fingerprint density at radius 3 is 3.00 bits per heavy atom. The van der Waals surface area contributed by atoms with Gasteiger partial charge in [0.05, 0.1) is 25.4 Å². The van der Waals surface area contributed by atoms with Crippen molar-refractivity contribution in [2.24, 2.45) is 4.99 Å². The molecule has 0 spiro atoms. The van der Waals surface area contributed by atoms with Crippen molar-refractivity contribution >= 4 is 46.2 Å². The van der Waals surface area contributed by atoms with Crippen molar-refractivity contribution in [3.8, 4) is 0 Å². The molecule has 3 aromatic rings. The van der Waals surface area contributed by atoms with Gasteiger partial charge in [-0.1, -0.05) is 23.8 Å². The molecule has 1 unspecified atom stereocenters. The number of nitrogens with one attached hydrogen (secondary N) is 1. The maximum Gasteiger partial charge on any atom is 0.194 e. The number of benzene rings is 1. The van der Waals surface area contributed by atoms with Crippen molar-refractivity contribution in [2.45, 2.75) is 33.4 Å². The van der Waals surface area contributed by atoms with Crippen LogP contribution in [-0.2, 0) is 11.3 Å². The summed E-state index contributed by atoms with van der Waals surface area (Å²) in [6.45, 7) is 10.1. The van der Waals surface area contributed by atoms with Gasteiger partial charge in [-0.25, -0.2) is 9.98 Å². The van der Waals surface area contributed by atoms with Crippen molar-refractivity contribution in [2.75, 3.05) is 26.2 Å². The molecule has 1 saturated heterocycles. The van der Waals surface area contributed by atoms with Crippen LogP contribution in [0.4, 0.5) is 0 Å². The maximum absolute atomic E-state index is 6.10. The topological polar surface area (TPSA) is 54.2 Å². The molecule has 1 fully saturated rings. The van der Waals surface area contributed by atoms with E-state index in [9.17, 15) is 0 Å². The van der Waals surface area contributed by atoms with Crippen LogP contribution in [-0.4, -0.2) is 46.5 Å². The van der Waals surface area contributed by atoms with Crippen LogP contribution in [0.25, 0.3) is 4.96 Å². The number of nitrogens with zero attached hydrogens (tertiary/aromatic N) is 4. The molecule has 1 aliphatic heterocycles. The van der Waals surface area contributed by atoms with Gasteiger partial charge in [0.15, 0.2) is 10.9 Å². The van der Waals surface area contributed by atoms with E-state index in [4.69, 9.17) is 9.73 Å². The third kappa shape index (κ3) is 5.10. The third-order valence-corrected chi connectivity index (χ3v) is 5.78. The average molecular weight is 525 g/mol. The number of aryl methyl sites for hydroxylation is 2. The Hall–Kier alpha value is -1.65. The number of aliphatic imine (C=N–C) groups is 1. The van der Waals surface area contributed by atoms with Crippen LogP contribution in [0, 0.1) is 13.8 Å². The normalized spacial score (nSPS) is 17.4. The molecule has 4 rings (SSSR count). The molecule has 1 atom stereocenters. The minimum absolute atomic E-state index is 0. The van der Waals surface area contributed by atoms with E-state index in [1.165, 1.54) is 16.7 Å². The van der Waals surface area contributed by atoms with Gasteiger partial charge in [0.2, 0.25) is 0 Å². The molecule has 1 aliphatic rings. The number of halogens is 1. The first-order valence-corrected chi connectivity index (χ1v) is 10.6. The van der Waals surface area contributed by atoms with Crippen molar-refractivity contribution in [3.05, 3.63) is 58.4 Å². The molecule has 156 valence electrons. The highest BCUT2D eigenvalue weighted by Gasteiger charge is 2.25. The summed E-state index contributed by atoms with van der Waals surface area (Å²) in [5.74, 6) is 0.928. The van der Waals surface area contributed by atoms with Crippen molar-refractivity contribution < 1.29 is 4.74 Å². The number of thiazole rings is 1. The predicted octanol–water partition coefficient (Wildman–Crippen LogP) is 4.17. The van der Waals surface area contributed by atoms with Crippen LogP contribution >= 0.6 is 35.3 Å². The van der Waals surface area contributed by atoms with E-state index in [0.717, 1.165) is 36.2 Å². The Labute approximate surface area is 193 Å². The van der Waals surface area contributed by atoms with Crippen LogP contribution < -0.4 is 5.32 Å². The monoisotopic (exact) mass is 525 g/mol. The molecule has 8 heteroatoms. The molecule has 29 heavy (non-hydrogen) atoms. The number of ether oxygens (including phenoxy) is 1. The summed E-state index contributed by atoms with van der Waals surface area (Å²) < 4.78 is 8.15. The van der Waals surface area contributed by atoms with E-state index in [1.807, 2.05) is 16.0 Å². The van der Waals surface area contributed by atoms with Crippen molar-refractivity contribution in [1.29, 1.82) is 0 Å². The van der Waals surface area contributed by atoms with Crippen molar-refractivity contribution in [3.63, 3.8) is 0 Å². The van der Waals surface area contributed by atoms with Gasteiger partial charge in [0.25, 0.3) is 0 Å². The number of hydrogen-bond donors (Lipinski definition) is 1. The summed E-state index contributed by atoms with van der Waals surface area (Å²) in [5.41, 5.74) is 4.82. The Morgan fingerprint density at radius 2 is 2.24 bits per heavy atom. The SMILES string of the molecule is CCNC(=NCc1cn2ccsc2n1)N1CCOC(c2ccc(C)cc2C)C1.I. The molecule has 2 aromatic heterocycles. The van der Waals surface area contributed by atoms with Gasteiger partial charge >= 0.3 is 0 Å². The van der Waals surface area contributed by atoms with E-state index in [-0.39, 0.29) is 30.1 Å². The second-order valence-corrected chi connectivity index (χ2v) is 8.03. The van der Waals surface area contributed by atoms with Crippen molar-refractivity contribution in [1.82, 2.24) is 19.6 Å². The molecule has 0 amide bonds. The summed E-state index contributed by atoms with van der Waals surface area (Å²) in [6.07, 6.45) is 4.15. The molecule has 3 heterocycles. The van der Waals surface area contributed by atoms with Gasteiger partial charge in [0.1, 0.15) is 6.10 Å². The van der Waals surface area contributed by atoms with E-state index >= 15 is 0 Å². The lowest BCUT2D eigenvalue weighted by Crippen LogP contribution is -2.48. The number of imidazole rings is 1. The molecule has 0 saturated carbocycles. The smallest absolute Gasteiger partial charge is 0.194 e. The minimum atomic E-state index is 0. The van der Waals surface area contributed by atoms with Gasteiger partial charge in [-0.3, -0.25) is 4.40 Å². The quantitative estimate of drug-likeness (QED) is 0.316. The summed E-state index contributed by atoms with van der Waals surface area (Å²) in [5, 5.41) is 5.48. The first-order chi connectivity index (χ1) is 13.6. The highest BCUT2D eigenvalue weighted by molar-refractivity contribution is 14.0. The standard InChI is InChI=1S/C21H27N5OS.HI/c1-4-22-20(23-12-17-13-26-8-10-28-21(26)24-17)25-7-9-27-19(14-25)18-6-5-15(2)11-16(18)3;/h5-6,8,10-11,13,19H,4,7,9,12,14H2,1-3H3,(H,22,23);1H. The van der Waals surface area contributed by atoms with Crippen LogP contribution in [0.5, 0.6) is 0 Å². The Kier molecular flexibility index (Phi) is 7.53. The van der Waals surface area contributed by atoms with Gasteiger partial charge in [-0.05, 0) is 31.9 Å². The van der Waals surface area contributed by atoms with E-state index < -0.39 is 0 Å². The first-order valence-electron chi connectivity index (χ1n) is 9.77. The molecule has 1 N–H and O–H groups in total. The fraction of sp³-hybridized carbons (Fsp3) is 0.429. The van der Waals surface area contributed by atoms with E-state index in [0.29, 0.717) is 13.2 Å². The van der Waals surface area contributed by atoms with E-state index in [1.54, 1.807) is 11.3 Å². The van der Waals surface area contributed by atoms with Gasteiger partial charge in [-0.15, -0.1) is 35.3 Å². The zero-order chi connectivity index (χ0) is 19.5. The fourth-order valence-electron chi connectivity index (χ4n) is 3.65. The van der Waals surface area contributed by atoms with Crippen LogP contribution in [0.1, 0.15) is 35.4 Å². The minimum Gasteiger partial charge on any atom is -0.370 e. The number of rotatable bonds is 4. The summed E-state index contributed by atoms with van der Waals surface area (Å²) in [4.78, 5) is 12.8. The lowest BCUT2D eigenvalue weighted by atomic mass is 10.00. The number of fused-ring (bicyclic) bond motifs is 1. The van der Waals surface area contributed by atoms with Gasteiger partial charge in [-0.2, -0.15) is 0 Å². The third-order valence-electron chi connectivity index (χ3n) is 5.01. The zero-order valence-electron chi connectivity index (χ0n) is 17.1. The Balaban J connectivity index is 0.00000240. The number of aromatic nitrogens is 2.